The van der Waals surface area contributed by atoms with Gasteiger partial charge in [0.2, 0.25) is 0 Å². The lowest BCUT2D eigenvalue weighted by Gasteiger charge is -2.26. The van der Waals surface area contributed by atoms with E-state index in [9.17, 15) is 9.90 Å². The van der Waals surface area contributed by atoms with Crippen LogP contribution in [-0.4, -0.2) is 37.7 Å². The molecule has 2 N–H and O–H groups in total. The number of aromatic amines is 1. The summed E-state index contributed by atoms with van der Waals surface area (Å²) in [7, 11) is 0. The van der Waals surface area contributed by atoms with E-state index >= 15 is 0 Å². The topological polar surface area (TPSA) is 91.3 Å². The summed E-state index contributed by atoms with van der Waals surface area (Å²) in [6.07, 6.45) is 8.05. The summed E-state index contributed by atoms with van der Waals surface area (Å²) in [6.45, 7) is 5.07. The van der Waals surface area contributed by atoms with E-state index in [1.165, 1.54) is 12.8 Å². The van der Waals surface area contributed by atoms with Gasteiger partial charge >= 0.3 is 0 Å². The zero-order valence-corrected chi connectivity index (χ0v) is 22.3. The fraction of sp³-hybridized carbons (Fsp3) is 0.300. The molecule has 1 unspecified atom stereocenters. The van der Waals surface area contributed by atoms with Gasteiger partial charge in [0.25, 0.3) is 5.91 Å². The number of benzene rings is 2. The van der Waals surface area contributed by atoms with Gasteiger partial charge in [-0.05, 0) is 60.4 Å². The average Bonchev–Trinajstić information content (AvgIpc) is 3.46. The Morgan fingerprint density at radius 3 is 2.68 bits per heavy atom. The fourth-order valence-corrected chi connectivity index (χ4v) is 5.08. The number of carbonyl (C=O) groups is 1. The molecule has 38 heavy (non-hydrogen) atoms. The van der Waals surface area contributed by atoms with Gasteiger partial charge < -0.3 is 14.7 Å². The van der Waals surface area contributed by atoms with Crippen LogP contribution in [0, 0.1) is 6.92 Å². The highest BCUT2D eigenvalue weighted by Gasteiger charge is 2.42. The summed E-state index contributed by atoms with van der Waals surface area (Å²) in [4.78, 5) is 19.7. The molecule has 4 aromatic rings. The van der Waals surface area contributed by atoms with Gasteiger partial charge in [0.05, 0.1) is 12.6 Å². The first-order valence-electron chi connectivity index (χ1n) is 13.0. The van der Waals surface area contributed by atoms with Crippen molar-refractivity contribution < 1.29 is 14.6 Å². The van der Waals surface area contributed by atoms with Crippen molar-refractivity contribution in [1.82, 2.24) is 20.1 Å². The number of phenolic OH excluding ortho intramolecular Hbond substituents is 1. The predicted molar refractivity (Wildman–Crippen MR) is 147 cm³/mol. The van der Waals surface area contributed by atoms with Crippen LogP contribution in [0.25, 0.3) is 11.3 Å². The number of ether oxygens (including phenoxy) is 1. The van der Waals surface area contributed by atoms with Crippen LogP contribution in [0.15, 0.2) is 60.9 Å². The summed E-state index contributed by atoms with van der Waals surface area (Å²) >= 11 is 6.41. The number of hydrogen-bond donors (Lipinski definition) is 2. The van der Waals surface area contributed by atoms with Crippen molar-refractivity contribution in [3.05, 3.63) is 93.9 Å². The molecular formula is C30H31ClN4O3. The summed E-state index contributed by atoms with van der Waals surface area (Å²) in [5.74, 6) is 0.690. The minimum absolute atomic E-state index is 0.0601. The largest absolute Gasteiger partial charge is 0.507 e. The molecule has 1 atom stereocenters. The number of phenols is 1. The number of unbranched alkanes of at least 4 members (excludes halogenated alkanes) is 3. The minimum Gasteiger partial charge on any atom is -0.507 e. The van der Waals surface area contributed by atoms with E-state index in [1.807, 2.05) is 43.3 Å². The van der Waals surface area contributed by atoms with Crippen molar-refractivity contribution in [3.63, 3.8) is 0 Å². The number of fused-ring (bicyclic) bond motifs is 1. The summed E-state index contributed by atoms with van der Waals surface area (Å²) in [5.41, 5.74) is 4.69. The van der Waals surface area contributed by atoms with Crippen LogP contribution >= 0.6 is 11.6 Å². The number of carbonyl (C=O) groups excluding carboxylic acids is 1. The quantitative estimate of drug-likeness (QED) is 0.219. The zero-order chi connectivity index (χ0) is 26.6. The Kier molecular flexibility index (Phi) is 7.65. The van der Waals surface area contributed by atoms with E-state index in [1.54, 1.807) is 29.4 Å². The molecule has 2 aromatic carbocycles. The second kappa shape index (κ2) is 11.3. The number of aromatic nitrogens is 3. The average molecular weight is 531 g/mol. The zero-order valence-electron chi connectivity index (χ0n) is 21.6. The number of halogens is 1. The number of amides is 1. The standard InChI is InChI=1S/C30H31ClN4O3/c1-3-4-5-6-14-38-22-11-9-21(10-12-22)29-26-27(23-16-24(31)19(2)15-25(23)36)33-34-28(26)30(37)35(29)18-20-8-7-13-32-17-20/h7-13,15-17,29,36H,3-6,14,18H2,1-2H3,(H,33,34). The Labute approximate surface area is 227 Å². The van der Waals surface area contributed by atoms with Crippen molar-refractivity contribution in [3.8, 4) is 22.8 Å². The third-order valence-corrected chi connectivity index (χ3v) is 7.34. The maximum absolute atomic E-state index is 13.7. The smallest absolute Gasteiger partial charge is 0.273 e. The molecule has 0 fully saturated rings. The molecule has 2 aromatic heterocycles. The van der Waals surface area contributed by atoms with Crippen molar-refractivity contribution in [2.75, 3.05) is 6.61 Å². The van der Waals surface area contributed by atoms with Gasteiger partial charge in [-0.15, -0.1) is 0 Å². The molecule has 0 saturated carbocycles. The summed E-state index contributed by atoms with van der Waals surface area (Å²) in [5, 5.41) is 18.7. The second-order valence-electron chi connectivity index (χ2n) is 9.65. The number of rotatable bonds is 10. The highest BCUT2D eigenvalue weighted by Crippen LogP contribution is 2.46. The number of aryl methyl sites for hydroxylation is 1. The number of nitrogens with zero attached hydrogens (tertiary/aromatic N) is 3. The van der Waals surface area contributed by atoms with E-state index < -0.39 is 6.04 Å². The monoisotopic (exact) mass is 530 g/mol. The Hall–Kier alpha value is -3.84. The highest BCUT2D eigenvalue weighted by molar-refractivity contribution is 6.31. The molecule has 0 radical (unpaired) electrons. The van der Waals surface area contributed by atoms with Crippen LogP contribution in [0.5, 0.6) is 11.5 Å². The van der Waals surface area contributed by atoms with Gasteiger partial charge in [-0.3, -0.25) is 14.9 Å². The van der Waals surface area contributed by atoms with E-state index in [2.05, 4.69) is 22.1 Å². The van der Waals surface area contributed by atoms with Crippen LogP contribution in [0.1, 0.15) is 71.4 Å². The molecule has 0 aliphatic carbocycles. The summed E-state index contributed by atoms with van der Waals surface area (Å²) < 4.78 is 5.95. The lowest BCUT2D eigenvalue weighted by atomic mass is 9.95. The van der Waals surface area contributed by atoms with Crippen LogP contribution in [-0.2, 0) is 6.54 Å². The van der Waals surface area contributed by atoms with Crippen molar-refractivity contribution in [2.45, 2.75) is 52.1 Å². The molecule has 0 bridgehead atoms. The van der Waals surface area contributed by atoms with Gasteiger partial charge in [-0.2, -0.15) is 5.10 Å². The maximum Gasteiger partial charge on any atom is 0.273 e. The molecular weight excluding hydrogens is 500 g/mol. The number of H-pyrrole nitrogens is 1. The first-order chi connectivity index (χ1) is 18.5. The number of pyridine rings is 1. The van der Waals surface area contributed by atoms with Gasteiger partial charge in [-0.1, -0.05) is 56.0 Å². The first-order valence-corrected chi connectivity index (χ1v) is 13.4. The normalized spacial score (nSPS) is 14.7. The molecule has 5 rings (SSSR count). The van der Waals surface area contributed by atoms with Crippen molar-refractivity contribution in [1.29, 1.82) is 0 Å². The second-order valence-corrected chi connectivity index (χ2v) is 10.1. The van der Waals surface area contributed by atoms with Crippen LogP contribution in [0.2, 0.25) is 5.02 Å². The molecule has 1 amide bonds. The van der Waals surface area contributed by atoms with Crippen LogP contribution in [0.4, 0.5) is 0 Å². The molecule has 1 aliphatic heterocycles. The van der Waals surface area contributed by atoms with Gasteiger partial charge in [-0.25, -0.2) is 0 Å². The van der Waals surface area contributed by atoms with Crippen molar-refractivity contribution >= 4 is 17.5 Å². The van der Waals surface area contributed by atoms with Crippen LogP contribution in [0.3, 0.4) is 0 Å². The molecule has 196 valence electrons. The van der Waals surface area contributed by atoms with E-state index in [0.29, 0.717) is 40.7 Å². The molecule has 0 spiro atoms. The lowest BCUT2D eigenvalue weighted by molar-refractivity contribution is 0.0730. The maximum atomic E-state index is 13.7. The lowest BCUT2D eigenvalue weighted by Crippen LogP contribution is -2.29. The van der Waals surface area contributed by atoms with Crippen LogP contribution < -0.4 is 4.74 Å². The Bertz CT molecular complexity index is 1420. The Morgan fingerprint density at radius 2 is 1.95 bits per heavy atom. The molecule has 1 aliphatic rings. The number of hydrogen-bond acceptors (Lipinski definition) is 5. The van der Waals surface area contributed by atoms with E-state index in [4.69, 9.17) is 16.3 Å². The SMILES string of the molecule is CCCCCCOc1ccc(C2c3c(-c4cc(Cl)c(C)cc4O)n[nH]c3C(=O)N2Cc2cccnc2)cc1. The molecule has 3 heterocycles. The van der Waals surface area contributed by atoms with Crippen molar-refractivity contribution in [2.24, 2.45) is 0 Å². The first kappa shape index (κ1) is 25.8. The Balaban J connectivity index is 1.52. The number of nitrogens with one attached hydrogen (secondary N) is 1. The molecule has 7 nitrogen and oxygen atoms in total. The Morgan fingerprint density at radius 1 is 1.13 bits per heavy atom. The number of aromatic hydroxyl groups is 1. The molecule has 0 saturated heterocycles. The van der Waals surface area contributed by atoms with E-state index in [0.717, 1.165) is 35.3 Å². The predicted octanol–water partition coefficient (Wildman–Crippen LogP) is 6.84. The highest BCUT2D eigenvalue weighted by atomic mass is 35.5. The van der Waals surface area contributed by atoms with Gasteiger partial charge in [0, 0.05) is 35.1 Å². The minimum atomic E-state index is -0.426. The molecule has 8 heteroatoms. The van der Waals surface area contributed by atoms with Gasteiger partial charge in [0.15, 0.2) is 0 Å². The third kappa shape index (κ3) is 5.11. The fourth-order valence-electron chi connectivity index (χ4n) is 4.92. The third-order valence-electron chi connectivity index (χ3n) is 6.93. The summed E-state index contributed by atoms with van der Waals surface area (Å²) in [6, 6.07) is 14.6. The van der Waals surface area contributed by atoms with Gasteiger partial charge in [0.1, 0.15) is 22.9 Å². The van der Waals surface area contributed by atoms with E-state index in [-0.39, 0.29) is 11.7 Å².